The van der Waals surface area contributed by atoms with Gasteiger partial charge in [0, 0.05) is 17.1 Å². The van der Waals surface area contributed by atoms with Crippen molar-refractivity contribution in [2.24, 2.45) is 11.7 Å². The van der Waals surface area contributed by atoms with Crippen LogP contribution in [0.5, 0.6) is 0 Å². The molecule has 0 fully saturated rings. The van der Waals surface area contributed by atoms with Crippen molar-refractivity contribution in [3.8, 4) is 0 Å². The van der Waals surface area contributed by atoms with Gasteiger partial charge in [-0.2, -0.15) is 0 Å². The summed E-state index contributed by atoms with van der Waals surface area (Å²) in [7, 11) is 0. The monoisotopic (exact) mass is 489 g/mol. The molecule has 0 radical (unpaired) electrons. The van der Waals surface area contributed by atoms with Crippen molar-refractivity contribution in [3.63, 3.8) is 0 Å². The molecule has 1 aromatic heterocycles. The molecule has 0 saturated heterocycles. The number of nitrogens with two attached hydrogens (primary N) is 1. The molecule has 5 unspecified atom stereocenters. The number of H-pyrrole nitrogens is 1. The van der Waals surface area contributed by atoms with Gasteiger partial charge in [0.25, 0.3) is 0 Å². The lowest BCUT2D eigenvalue weighted by Gasteiger charge is -2.26. The minimum atomic E-state index is -1.41. The molecule has 0 bridgehead atoms. The van der Waals surface area contributed by atoms with Crippen molar-refractivity contribution >= 4 is 34.6 Å². The number of amides is 3. The van der Waals surface area contributed by atoms with Gasteiger partial charge in [-0.3, -0.25) is 19.2 Å². The SMILES string of the molecule is CC(C)CC(NC(=O)C(N)Cc1c[nH]c2ccccc12)C(=O)NC(C(=O)NC(C)C(=O)O)C(C)O. The van der Waals surface area contributed by atoms with Crippen LogP contribution in [0, 0.1) is 5.92 Å². The number of aliphatic hydroxyl groups excluding tert-OH is 1. The van der Waals surface area contributed by atoms with Gasteiger partial charge in [0.05, 0.1) is 12.1 Å². The van der Waals surface area contributed by atoms with Gasteiger partial charge in [-0.1, -0.05) is 32.0 Å². The molecule has 192 valence electrons. The van der Waals surface area contributed by atoms with Crippen molar-refractivity contribution in [3.05, 3.63) is 36.0 Å². The van der Waals surface area contributed by atoms with E-state index in [1.807, 2.05) is 38.1 Å². The summed E-state index contributed by atoms with van der Waals surface area (Å²) in [4.78, 5) is 52.4. The van der Waals surface area contributed by atoms with Gasteiger partial charge in [0.2, 0.25) is 17.7 Å². The van der Waals surface area contributed by atoms with Crippen molar-refractivity contribution in [2.75, 3.05) is 0 Å². The minimum absolute atomic E-state index is 0.0155. The molecule has 3 amide bonds. The smallest absolute Gasteiger partial charge is 0.325 e. The lowest BCUT2D eigenvalue weighted by molar-refractivity contribution is -0.142. The Kier molecular flexibility index (Phi) is 9.78. The number of carboxylic acid groups (broad SMARTS) is 1. The number of carbonyl (C=O) groups excluding carboxylic acids is 3. The molecule has 0 saturated carbocycles. The van der Waals surface area contributed by atoms with Crippen molar-refractivity contribution in [2.45, 2.75) is 70.8 Å². The van der Waals surface area contributed by atoms with Gasteiger partial charge in [-0.25, -0.2) is 0 Å². The van der Waals surface area contributed by atoms with Crippen molar-refractivity contribution < 1.29 is 29.4 Å². The number of aromatic nitrogens is 1. The first kappa shape index (κ1) is 27.8. The quantitative estimate of drug-likeness (QED) is 0.219. The van der Waals surface area contributed by atoms with Crippen LogP contribution in [0.3, 0.4) is 0 Å². The molecule has 1 aromatic carbocycles. The lowest BCUT2D eigenvalue weighted by Crippen LogP contribution is -2.59. The van der Waals surface area contributed by atoms with Crippen LogP contribution in [-0.2, 0) is 25.6 Å². The van der Waals surface area contributed by atoms with Crippen molar-refractivity contribution in [1.29, 1.82) is 0 Å². The molecular weight excluding hydrogens is 454 g/mol. The number of carboxylic acids is 1. The molecule has 5 atom stereocenters. The van der Waals surface area contributed by atoms with Crippen LogP contribution in [0.15, 0.2) is 30.5 Å². The number of hydrogen-bond donors (Lipinski definition) is 7. The van der Waals surface area contributed by atoms with Crippen LogP contribution in [-0.4, -0.2) is 69.2 Å². The number of hydrogen-bond acceptors (Lipinski definition) is 6. The fourth-order valence-corrected chi connectivity index (χ4v) is 3.64. The standard InChI is InChI=1S/C24H35N5O6/c1-12(2)9-19(22(32)29-20(14(4)30)23(33)27-13(3)24(34)35)28-21(31)17(25)10-15-11-26-18-8-6-5-7-16(15)18/h5-8,11-14,17,19-20,26,30H,9-10,25H2,1-4H3,(H,27,33)(H,28,31)(H,29,32)(H,34,35). The van der Waals surface area contributed by atoms with E-state index in [2.05, 4.69) is 20.9 Å². The Bertz CT molecular complexity index is 1050. The highest BCUT2D eigenvalue weighted by Gasteiger charge is 2.32. The van der Waals surface area contributed by atoms with E-state index in [0.29, 0.717) is 0 Å². The summed E-state index contributed by atoms with van der Waals surface area (Å²) < 4.78 is 0. The zero-order valence-corrected chi connectivity index (χ0v) is 20.4. The summed E-state index contributed by atoms with van der Waals surface area (Å²) in [6, 6.07) is 3.07. The topological polar surface area (TPSA) is 187 Å². The lowest BCUT2D eigenvalue weighted by atomic mass is 10.0. The van der Waals surface area contributed by atoms with E-state index in [4.69, 9.17) is 10.8 Å². The molecule has 2 aromatic rings. The summed E-state index contributed by atoms with van der Waals surface area (Å²) >= 11 is 0. The molecule has 2 rings (SSSR count). The number of aromatic amines is 1. The third kappa shape index (κ3) is 7.79. The Morgan fingerprint density at radius 3 is 2.23 bits per heavy atom. The Balaban J connectivity index is 2.09. The number of nitrogens with one attached hydrogen (secondary N) is 4. The normalized spacial score (nSPS) is 15.6. The summed E-state index contributed by atoms with van der Waals surface area (Å²) in [5.74, 6) is -3.32. The van der Waals surface area contributed by atoms with Crippen LogP contribution < -0.4 is 21.7 Å². The van der Waals surface area contributed by atoms with Gasteiger partial charge in [-0.05, 0) is 44.2 Å². The molecule has 11 heteroatoms. The first-order valence-corrected chi connectivity index (χ1v) is 11.5. The Morgan fingerprint density at radius 1 is 0.971 bits per heavy atom. The minimum Gasteiger partial charge on any atom is -0.480 e. The van der Waals surface area contributed by atoms with E-state index in [9.17, 15) is 24.3 Å². The second-order valence-corrected chi connectivity index (χ2v) is 9.16. The highest BCUT2D eigenvalue weighted by atomic mass is 16.4. The van der Waals surface area contributed by atoms with Crippen LogP contribution >= 0.6 is 0 Å². The predicted octanol–water partition coefficient (Wildman–Crippen LogP) is 0.0235. The summed E-state index contributed by atoms with van der Waals surface area (Å²) in [5, 5.41) is 27.3. The zero-order valence-electron chi connectivity index (χ0n) is 20.4. The molecular formula is C24H35N5O6. The number of rotatable bonds is 12. The first-order chi connectivity index (χ1) is 16.4. The Morgan fingerprint density at radius 2 is 1.63 bits per heavy atom. The number of aliphatic hydroxyl groups is 1. The second kappa shape index (κ2) is 12.3. The number of para-hydroxylation sites is 1. The maximum Gasteiger partial charge on any atom is 0.325 e. The van der Waals surface area contributed by atoms with Gasteiger partial charge in [-0.15, -0.1) is 0 Å². The average Bonchev–Trinajstić information content (AvgIpc) is 3.18. The number of benzene rings is 1. The van der Waals surface area contributed by atoms with Gasteiger partial charge < -0.3 is 36.9 Å². The van der Waals surface area contributed by atoms with Gasteiger partial charge in [0.15, 0.2) is 0 Å². The zero-order chi connectivity index (χ0) is 26.3. The highest BCUT2D eigenvalue weighted by Crippen LogP contribution is 2.19. The Hall–Kier alpha value is -3.44. The van der Waals surface area contributed by atoms with E-state index in [1.165, 1.54) is 13.8 Å². The van der Waals surface area contributed by atoms with Crippen LogP contribution in [0.1, 0.15) is 39.7 Å². The summed E-state index contributed by atoms with van der Waals surface area (Å²) in [6.45, 7) is 6.29. The van der Waals surface area contributed by atoms with E-state index in [0.717, 1.165) is 16.5 Å². The number of carbonyl (C=O) groups is 4. The van der Waals surface area contributed by atoms with E-state index < -0.39 is 54.0 Å². The van der Waals surface area contributed by atoms with Crippen LogP contribution in [0.25, 0.3) is 10.9 Å². The predicted molar refractivity (Wildman–Crippen MR) is 130 cm³/mol. The third-order valence-corrected chi connectivity index (χ3v) is 5.58. The maximum absolute atomic E-state index is 13.0. The molecule has 0 aliphatic carbocycles. The van der Waals surface area contributed by atoms with Gasteiger partial charge in [0.1, 0.15) is 18.1 Å². The first-order valence-electron chi connectivity index (χ1n) is 11.5. The average molecular weight is 490 g/mol. The highest BCUT2D eigenvalue weighted by molar-refractivity contribution is 5.94. The van der Waals surface area contributed by atoms with Crippen molar-refractivity contribution in [1.82, 2.24) is 20.9 Å². The summed E-state index contributed by atoms with van der Waals surface area (Å²) in [6.07, 6.45) is 0.994. The number of aliphatic carboxylic acids is 1. The Labute approximate surface area is 203 Å². The molecule has 0 spiro atoms. The van der Waals surface area contributed by atoms with E-state index in [-0.39, 0.29) is 18.8 Å². The second-order valence-electron chi connectivity index (χ2n) is 9.16. The van der Waals surface area contributed by atoms with Crippen LogP contribution in [0.4, 0.5) is 0 Å². The van der Waals surface area contributed by atoms with E-state index >= 15 is 0 Å². The fourth-order valence-electron chi connectivity index (χ4n) is 3.64. The molecule has 0 aliphatic heterocycles. The molecule has 35 heavy (non-hydrogen) atoms. The molecule has 8 N–H and O–H groups in total. The molecule has 0 aliphatic rings. The van der Waals surface area contributed by atoms with Gasteiger partial charge >= 0.3 is 5.97 Å². The molecule has 11 nitrogen and oxygen atoms in total. The fraction of sp³-hybridized carbons (Fsp3) is 0.500. The number of fused-ring (bicyclic) bond motifs is 1. The molecule has 1 heterocycles. The largest absolute Gasteiger partial charge is 0.480 e. The summed E-state index contributed by atoms with van der Waals surface area (Å²) in [5.41, 5.74) is 7.93. The third-order valence-electron chi connectivity index (χ3n) is 5.58. The van der Waals surface area contributed by atoms with Crippen LogP contribution in [0.2, 0.25) is 0 Å². The van der Waals surface area contributed by atoms with E-state index in [1.54, 1.807) is 6.20 Å². The maximum atomic E-state index is 13.0.